The van der Waals surface area contributed by atoms with Crippen LogP contribution in [0.4, 0.5) is 0 Å². The van der Waals surface area contributed by atoms with Crippen molar-refractivity contribution in [2.24, 2.45) is 0 Å². The average Bonchev–Trinajstić information content (AvgIpc) is 2.60. The fraction of sp³-hybridized carbons (Fsp3) is 0.0588. The number of pyridine rings is 2. The smallest absolute Gasteiger partial charge is 0.267 e. The van der Waals surface area contributed by atoms with Crippen LogP contribution in [0.5, 0.6) is 0 Å². The topological polar surface area (TPSA) is 84.0 Å². The Bertz CT molecular complexity index is 929. The maximum Gasteiger partial charge on any atom is 0.271 e. The first-order chi connectivity index (χ1) is 11.5. The van der Waals surface area contributed by atoms with Gasteiger partial charge in [0.2, 0.25) is 0 Å². The molecule has 0 aliphatic carbocycles. The summed E-state index contributed by atoms with van der Waals surface area (Å²) in [6.45, 7) is 1.73. The van der Waals surface area contributed by atoms with Gasteiger partial charge < -0.3 is 0 Å². The minimum Gasteiger partial charge on any atom is -0.267 e. The van der Waals surface area contributed by atoms with Gasteiger partial charge in [-0.15, -0.1) is 0 Å². The van der Waals surface area contributed by atoms with E-state index in [2.05, 4.69) is 20.8 Å². The lowest BCUT2D eigenvalue weighted by molar-refractivity contribution is 0.0846. The summed E-state index contributed by atoms with van der Waals surface area (Å²) in [6, 6.07) is 10.2. The molecule has 0 atom stereocenters. The molecule has 120 valence electrons. The minimum atomic E-state index is -0.459. The predicted octanol–water partition coefficient (Wildman–Crippen LogP) is 2.67. The van der Waals surface area contributed by atoms with Gasteiger partial charge in [0.1, 0.15) is 0 Å². The third-order valence-corrected chi connectivity index (χ3v) is 3.66. The van der Waals surface area contributed by atoms with Crippen LogP contribution in [0.1, 0.15) is 26.4 Å². The molecule has 6 nitrogen and oxygen atoms in total. The summed E-state index contributed by atoms with van der Waals surface area (Å²) < 4.78 is 0. The molecule has 0 bridgehead atoms. The number of aromatic nitrogens is 2. The van der Waals surface area contributed by atoms with Gasteiger partial charge in [0, 0.05) is 22.8 Å². The van der Waals surface area contributed by atoms with E-state index in [1.807, 2.05) is 0 Å². The van der Waals surface area contributed by atoms with Crippen molar-refractivity contribution < 1.29 is 9.59 Å². The van der Waals surface area contributed by atoms with Crippen LogP contribution in [0.25, 0.3) is 10.9 Å². The number of carbonyl (C=O) groups excluding carboxylic acids is 2. The lowest BCUT2D eigenvalue weighted by Crippen LogP contribution is -2.42. The van der Waals surface area contributed by atoms with Crippen molar-refractivity contribution in [1.82, 2.24) is 20.8 Å². The molecular formula is C17H13ClN4O2. The first kappa shape index (κ1) is 15.9. The zero-order valence-electron chi connectivity index (χ0n) is 12.7. The van der Waals surface area contributed by atoms with Crippen molar-refractivity contribution in [2.75, 3.05) is 0 Å². The maximum absolute atomic E-state index is 12.3. The van der Waals surface area contributed by atoms with E-state index in [-0.39, 0.29) is 0 Å². The zero-order valence-corrected chi connectivity index (χ0v) is 13.5. The molecule has 0 aliphatic rings. The molecule has 1 aromatic carbocycles. The molecule has 0 radical (unpaired) electrons. The molecular weight excluding hydrogens is 328 g/mol. The third-order valence-electron chi connectivity index (χ3n) is 3.43. The molecule has 24 heavy (non-hydrogen) atoms. The number of hydrogen-bond donors (Lipinski definition) is 2. The van der Waals surface area contributed by atoms with Crippen molar-refractivity contribution >= 4 is 34.3 Å². The van der Waals surface area contributed by atoms with E-state index in [0.717, 1.165) is 10.9 Å². The Balaban J connectivity index is 1.78. The standard InChI is InChI=1S/C17H13ClN4O2/c1-10-14(8-12-7-13(18)4-5-15(12)20-10)17(24)22-21-16(23)11-3-2-6-19-9-11/h2-9H,1H3,(H,21,23)(H,22,24). The maximum atomic E-state index is 12.3. The Morgan fingerprint density at radius 2 is 1.88 bits per heavy atom. The molecule has 0 saturated carbocycles. The molecule has 2 amide bonds. The van der Waals surface area contributed by atoms with Crippen molar-refractivity contribution in [3.05, 3.63) is 70.6 Å². The van der Waals surface area contributed by atoms with Crippen LogP contribution in [0.2, 0.25) is 5.02 Å². The van der Waals surface area contributed by atoms with Crippen LogP contribution >= 0.6 is 11.6 Å². The SMILES string of the molecule is Cc1nc2ccc(Cl)cc2cc1C(=O)NNC(=O)c1cccnc1. The van der Waals surface area contributed by atoms with E-state index in [4.69, 9.17) is 11.6 Å². The molecule has 0 fully saturated rings. The molecule has 0 unspecified atom stereocenters. The monoisotopic (exact) mass is 340 g/mol. The second kappa shape index (κ2) is 6.64. The van der Waals surface area contributed by atoms with E-state index >= 15 is 0 Å². The van der Waals surface area contributed by atoms with E-state index < -0.39 is 11.8 Å². The number of benzene rings is 1. The van der Waals surface area contributed by atoms with Crippen LogP contribution in [-0.2, 0) is 0 Å². The van der Waals surface area contributed by atoms with Gasteiger partial charge in [-0.2, -0.15) is 0 Å². The van der Waals surface area contributed by atoms with Gasteiger partial charge in [-0.1, -0.05) is 11.6 Å². The van der Waals surface area contributed by atoms with Crippen LogP contribution in [0, 0.1) is 6.92 Å². The summed E-state index contributed by atoms with van der Waals surface area (Å²) in [5.41, 5.74) is 6.73. The highest BCUT2D eigenvalue weighted by molar-refractivity contribution is 6.31. The Kier molecular flexibility index (Phi) is 4.39. The molecule has 0 saturated heterocycles. The van der Waals surface area contributed by atoms with Crippen LogP contribution < -0.4 is 10.9 Å². The number of aryl methyl sites for hydroxylation is 1. The predicted molar refractivity (Wildman–Crippen MR) is 90.7 cm³/mol. The van der Waals surface area contributed by atoms with Gasteiger partial charge >= 0.3 is 0 Å². The molecule has 2 aromatic heterocycles. The second-order valence-corrected chi connectivity index (χ2v) is 5.54. The van der Waals surface area contributed by atoms with Crippen LogP contribution in [0.3, 0.4) is 0 Å². The van der Waals surface area contributed by atoms with Crippen LogP contribution in [-0.4, -0.2) is 21.8 Å². The van der Waals surface area contributed by atoms with Gasteiger partial charge in [0.15, 0.2) is 0 Å². The van der Waals surface area contributed by atoms with E-state index in [0.29, 0.717) is 21.8 Å². The van der Waals surface area contributed by atoms with Gasteiger partial charge in [0.25, 0.3) is 11.8 Å². The Labute approximate surface area is 142 Å². The first-order valence-electron chi connectivity index (χ1n) is 7.12. The molecule has 2 N–H and O–H groups in total. The second-order valence-electron chi connectivity index (χ2n) is 5.11. The van der Waals surface area contributed by atoms with Crippen molar-refractivity contribution in [3.8, 4) is 0 Å². The number of rotatable bonds is 2. The number of halogens is 1. The zero-order chi connectivity index (χ0) is 17.1. The van der Waals surface area contributed by atoms with Gasteiger partial charge in [-0.3, -0.25) is 30.4 Å². The fourth-order valence-electron chi connectivity index (χ4n) is 2.22. The summed E-state index contributed by atoms with van der Waals surface area (Å²) in [5.74, 6) is -0.912. The Morgan fingerprint density at radius 1 is 1.08 bits per heavy atom. The Hall–Kier alpha value is -2.99. The number of nitrogens with one attached hydrogen (secondary N) is 2. The highest BCUT2D eigenvalue weighted by atomic mass is 35.5. The van der Waals surface area contributed by atoms with E-state index in [9.17, 15) is 9.59 Å². The average molecular weight is 341 g/mol. The number of nitrogens with zero attached hydrogens (tertiary/aromatic N) is 2. The lowest BCUT2D eigenvalue weighted by atomic mass is 10.1. The summed E-state index contributed by atoms with van der Waals surface area (Å²) >= 11 is 5.97. The van der Waals surface area contributed by atoms with Gasteiger partial charge in [-0.05, 0) is 43.3 Å². The molecule has 0 aliphatic heterocycles. The summed E-state index contributed by atoms with van der Waals surface area (Å²) in [5, 5.41) is 1.31. The number of hydrogen-bond acceptors (Lipinski definition) is 4. The Morgan fingerprint density at radius 3 is 2.62 bits per heavy atom. The highest BCUT2D eigenvalue weighted by Gasteiger charge is 2.13. The van der Waals surface area contributed by atoms with E-state index in [1.54, 1.807) is 49.5 Å². The van der Waals surface area contributed by atoms with Crippen LogP contribution in [0.15, 0.2) is 48.8 Å². The normalized spacial score (nSPS) is 10.4. The number of fused-ring (bicyclic) bond motifs is 1. The minimum absolute atomic E-state index is 0.345. The number of carbonyl (C=O) groups is 2. The number of hydrazine groups is 1. The molecule has 2 heterocycles. The van der Waals surface area contributed by atoms with Crippen molar-refractivity contribution in [1.29, 1.82) is 0 Å². The molecule has 3 aromatic rings. The molecule has 3 rings (SSSR count). The number of amides is 2. The quantitative estimate of drug-likeness (QED) is 0.702. The van der Waals surface area contributed by atoms with Gasteiger partial charge in [0.05, 0.1) is 22.3 Å². The van der Waals surface area contributed by atoms with Gasteiger partial charge in [-0.25, -0.2) is 0 Å². The van der Waals surface area contributed by atoms with Crippen molar-refractivity contribution in [3.63, 3.8) is 0 Å². The first-order valence-corrected chi connectivity index (χ1v) is 7.50. The summed E-state index contributed by atoms with van der Waals surface area (Å²) in [7, 11) is 0. The largest absolute Gasteiger partial charge is 0.271 e. The van der Waals surface area contributed by atoms with Crippen molar-refractivity contribution in [2.45, 2.75) is 6.92 Å². The summed E-state index contributed by atoms with van der Waals surface area (Å²) in [4.78, 5) is 32.5. The highest BCUT2D eigenvalue weighted by Crippen LogP contribution is 2.20. The third kappa shape index (κ3) is 3.33. The molecule has 0 spiro atoms. The fourth-order valence-corrected chi connectivity index (χ4v) is 2.40. The lowest BCUT2D eigenvalue weighted by Gasteiger charge is -2.10. The van der Waals surface area contributed by atoms with E-state index in [1.165, 1.54) is 6.20 Å². The molecule has 7 heteroatoms. The summed E-state index contributed by atoms with van der Waals surface area (Å²) in [6.07, 6.45) is 2.97.